The molecule has 3 nitrogen and oxygen atoms in total. The van der Waals surface area contributed by atoms with Crippen LogP contribution < -0.4 is 5.73 Å². The Bertz CT molecular complexity index is 764. The second-order valence-electron chi connectivity index (χ2n) is 4.55. The van der Waals surface area contributed by atoms with Gasteiger partial charge in [0.15, 0.2) is 0 Å². The molecule has 0 aliphatic rings. The highest BCUT2D eigenvalue weighted by molar-refractivity contribution is 7.84. The van der Waals surface area contributed by atoms with Crippen molar-refractivity contribution in [1.29, 1.82) is 0 Å². The molecule has 20 heavy (non-hydrogen) atoms. The first kappa shape index (κ1) is 12.8. The summed E-state index contributed by atoms with van der Waals surface area (Å²) in [6.07, 6.45) is 1.76. The average Bonchev–Trinajstić information content (AvgIpc) is 2.48. The number of nitrogens with two attached hydrogens (primary N) is 1. The summed E-state index contributed by atoms with van der Waals surface area (Å²) in [5.74, 6) is 0.479. The van der Waals surface area contributed by atoms with Gasteiger partial charge in [-0.25, -0.2) is 0 Å². The maximum atomic E-state index is 12.4. The summed E-state index contributed by atoms with van der Waals surface area (Å²) in [4.78, 5) is 5.11. The third-order valence-electron chi connectivity index (χ3n) is 3.17. The Kier molecular flexibility index (Phi) is 3.48. The molecule has 0 bridgehead atoms. The van der Waals surface area contributed by atoms with E-state index in [0.717, 1.165) is 21.4 Å². The van der Waals surface area contributed by atoms with Gasteiger partial charge in [-0.1, -0.05) is 18.2 Å². The van der Waals surface area contributed by atoms with Crippen LogP contribution in [0.15, 0.2) is 65.7 Å². The molecule has 3 aromatic rings. The summed E-state index contributed by atoms with van der Waals surface area (Å²) in [6, 6.07) is 17.0. The highest BCUT2D eigenvalue weighted by Crippen LogP contribution is 2.20. The Hall–Kier alpha value is -2.20. The molecule has 4 heteroatoms. The normalized spacial score (nSPS) is 12.4. The van der Waals surface area contributed by atoms with Gasteiger partial charge in [0.2, 0.25) is 0 Å². The van der Waals surface area contributed by atoms with E-state index in [-0.39, 0.29) is 0 Å². The molecular formula is C16H14N2OS. The summed E-state index contributed by atoms with van der Waals surface area (Å²) in [5, 5.41) is 1.05. The van der Waals surface area contributed by atoms with Crippen LogP contribution in [0.5, 0.6) is 0 Å². The van der Waals surface area contributed by atoms with Gasteiger partial charge in [0, 0.05) is 22.2 Å². The van der Waals surface area contributed by atoms with Gasteiger partial charge in [-0.2, -0.15) is 0 Å². The second kappa shape index (κ2) is 5.43. The van der Waals surface area contributed by atoms with E-state index in [1.54, 1.807) is 18.3 Å². The fraction of sp³-hybridized carbons (Fsp3) is 0.0625. The van der Waals surface area contributed by atoms with Crippen LogP contribution >= 0.6 is 0 Å². The molecule has 1 heterocycles. The largest absolute Gasteiger partial charge is 0.399 e. The molecule has 0 amide bonds. The van der Waals surface area contributed by atoms with Crippen LogP contribution in [0, 0.1) is 0 Å². The SMILES string of the molecule is Nc1ccc(S(=O)Cc2ccnc3ccccc23)cc1. The number of anilines is 1. The van der Waals surface area contributed by atoms with Gasteiger partial charge >= 0.3 is 0 Å². The van der Waals surface area contributed by atoms with Crippen molar-refractivity contribution in [2.24, 2.45) is 0 Å². The number of rotatable bonds is 3. The number of hydrogen-bond acceptors (Lipinski definition) is 3. The minimum atomic E-state index is -1.08. The molecule has 1 atom stereocenters. The smallest absolute Gasteiger partial charge is 0.0705 e. The maximum absolute atomic E-state index is 12.4. The number of nitrogen functional groups attached to an aromatic ring is 1. The molecule has 0 radical (unpaired) electrons. The quantitative estimate of drug-likeness (QED) is 0.751. The first-order chi connectivity index (χ1) is 9.74. The van der Waals surface area contributed by atoms with Gasteiger partial charge in [0.1, 0.15) is 0 Å². The Labute approximate surface area is 119 Å². The summed E-state index contributed by atoms with van der Waals surface area (Å²) in [7, 11) is -1.08. The van der Waals surface area contributed by atoms with Crippen LogP contribution in [0.3, 0.4) is 0 Å². The predicted octanol–water partition coefficient (Wildman–Crippen LogP) is 3.12. The van der Waals surface area contributed by atoms with Gasteiger partial charge < -0.3 is 5.73 Å². The van der Waals surface area contributed by atoms with Crippen molar-refractivity contribution in [3.8, 4) is 0 Å². The third kappa shape index (κ3) is 2.56. The number of benzene rings is 2. The van der Waals surface area contributed by atoms with Crippen molar-refractivity contribution in [1.82, 2.24) is 4.98 Å². The zero-order valence-electron chi connectivity index (χ0n) is 10.8. The van der Waals surface area contributed by atoms with Gasteiger partial charge in [0.25, 0.3) is 0 Å². The number of nitrogens with zero attached hydrogens (tertiary/aromatic N) is 1. The number of para-hydroxylation sites is 1. The van der Waals surface area contributed by atoms with Crippen molar-refractivity contribution >= 4 is 27.4 Å². The average molecular weight is 282 g/mol. The van der Waals surface area contributed by atoms with E-state index in [0.29, 0.717) is 11.4 Å². The van der Waals surface area contributed by atoms with Crippen molar-refractivity contribution in [2.45, 2.75) is 10.6 Å². The van der Waals surface area contributed by atoms with E-state index in [1.807, 2.05) is 42.5 Å². The van der Waals surface area contributed by atoms with Gasteiger partial charge in [-0.05, 0) is 42.0 Å². The first-order valence-corrected chi connectivity index (χ1v) is 7.62. The lowest BCUT2D eigenvalue weighted by atomic mass is 10.1. The molecule has 3 rings (SSSR count). The Morgan fingerprint density at radius 2 is 1.75 bits per heavy atom. The molecule has 0 aliphatic heterocycles. The second-order valence-corrected chi connectivity index (χ2v) is 6.00. The molecule has 0 fully saturated rings. The van der Waals surface area contributed by atoms with E-state index in [9.17, 15) is 4.21 Å². The molecule has 0 saturated heterocycles. The van der Waals surface area contributed by atoms with Gasteiger partial charge in [-0.15, -0.1) is 0 Å². The Morgan fingerprint density at radius 1 is 1.00 bits per heavy atom. The Balaban J connectivity index is 1.93. The minimum Gasteiger partial charge on any atom is -0.399 e. The van der Waals surface area contributed by atoms with Crippen molar-refractivity contribution in [3.63, 3.8) is 0 Å². The fourth-order valence-electron chi connectivity index (χ4n) is 2.13. The summed E-state index contributed by atoms with van der Waals surface area (Å²) in [6.45, 7) is 0. The topological polar surface area (TPSA) is 56.0 Å². The Morgan fingerprint density at radius 3 is 2.55 bits per heavy atom. The number of fused-ring (bicyclic) bond motifs is 1. The molecule has 100 valence electrons. The number of hydrogen-bond donors (Lipinski definition) is 1. The molecule has 1 unspecified atom stereocenters. The summed E-state index contributed by atoms with van der Waals surface area (Å²) in [5.41, 5.74) is 8.30. The lowest BCUT2D eigenvalue weighted by Crippen LogP contribution is -1.98. The van der Waals surface area contributed by atoms with Crippen LogP contribution in [-0.4, -0.2) is 9.19 Å². The number of pyridine rings is 1. The number of aromatic nitrogens is 1. The lowest BCUT2D eigenvalue weighted by molar-refractivity contribution is 0.683. The molecule has 0 aliphatic carbocycles. The highest BCUT2D eigenvalue weighted by atomic mass is 32.2. The third-order valence-corrected chi connectivity index (χ3v) is 4.54. The highest BCUT2D eigenvalue weighted by Gasteiger charge is 2.08. The minimum absolute atomic E-state index is 0.479. The van der Waals surface area contributed by atoms with Crippen LogP contribution in [-0.2, 0) is 16.6 Å². The van der Waals surface area contributed by atoms with Crippen molar-refractivity contribution in [3.05, 3.63) is 66.4 Å². The molecule has 0 saturated carbocycles. The van der Waals surface area contributed by atoms with Crippen LogP contribution in [0.1, 0.15) is 5.56 Å². The van der Waals surface area contributed by atoms with Gasteiger partial charge in [-0.3, -0.25) is 9.19 Å². The molecule has 2 N–H and O–H groups in total. The lowest BCUT2D eigenvalue weighted by Gasteiger charge is -2.06. The summed E-state index contributed by atoms with van der Waals surface area (Å²) >= 11 is 0. The molecule has 0 spiro atoms. The van der Waals surface area contributed by atoms with E-state index >= 15 is 0 Å². The predicted molar refractivity (Wildman–Crippen MR) is 82.7 cm³/mol. The van der Waals surface area contributed by atoms with Crippen LogP contribution in [0.2, 0.25) is 0 Å². The molecule has 2 aromatic carbocycles. The molecule has 1 aromatic heterocycles. The molecular weight excluding hydrogens is 268 g/mol. The van der Waals surface area contributed by atoms with Crippen LogP contribution in [0.4, 0.5) is 5.69 Å². The van der Waals surface area contributed by atoms with Crippen LogP contribution in [0.25, 0.3) is 10.9 Å². The van der Waals surface area contributed by atoms with E-state index in [2.05, 4.69) is 4.98 Å². The monoisotopic (exact) mass is 282 g/mol. The maximum Gasteiger partial charge on any atom is 0.0705 e. The first-order valence-electron chi connectivity index (χ1n) is 6.30. The zero-order chi connectivity index (χ0) is 13.9. The summed E-state index contributed by atoms with van der Waals surface area (Å²) < 4.78 is 12.4. The van der Waals surface area contributed by atoms with Gasteiger partial charge in [0.05, 0.1) is 22.1 Å². The van der Waals surface area contributed by atoms with Crippen molar-refractivity contribution < 1.29 is 4.21 Å². The fourth-order valence-corrected chi connectivity index (χ4v) is 3.27. The van der Waals surface area contributed by atoms with E-state index in [1.165, 1.54) is 0 Å². The van der Waals surface area contributed by atoms with E-state index in [4.69, 9.17) is 5.73 Å². The standard InChI is InChI=1S/C16H14N2OS/c17-13-5-7-14(8-6-13)20(19)11-12-9-10-18-16-4-2-1-3-15(12)16/h1-10H,11,17H2. The van der Waals surface area contributed by atoms with Crippen molar-refractivity contribution in [2.75, 3.05) is 5.73 Å². The van der Waals surface area contributed by atoms with E-state index < -0.39 is 10.8 Å². The zero-order valence-corrected chi connectivity index (χ0v) is 11.6.